The quantitative estimate of drug-likeness (QED) is 0.883. The fourth-order valence-electron chi connectivity index (χ4n) is 2.53. The van der Waals surface area contributed by atoms with Crippen LogP contribution in [0.1, 0.15) is 12.5 Å². The van der Waals surface area contributed by atoms with Crippen LogP contribution in [0.2, 0.25) is 0 Å². The predicted octanol–water partition coefficient (Wildman–Crippen LogP) is 2.66. The van der Waals surface area contributed by atoms with E-state index in [1.54, 1.807) is 19.1 Å². The summed E-state index contributed by atoms with van der Waals surface area (Å²) in [6.45, 7) is 2.07. The van der Waals surface area contributed by atoms with Gasteiger partial charge in [0.25, 0.3) is 5.91 Å². The third-order valence-corrected chi connectivity index (χ3v) is 3.68. The molecule has 23 heavy (non-hydrogen) atoms. The van der Waals surface area contributed by atoms with Crippen molar-refractivity contribution in [2.24, 2.45) is 11.0 Å². The predicted molar refractivity (Wildman–Crippen MR) is 88.7 cm³/mol. The van der Waals surface area contributed by atoms with E-state index in [9.17, 15) is 9.59 Å². The Hall–Kier alpha value is -2.95. The maximum atomic E-state index is 12.5. The highest BCUT2D eigenvalue weighted by molar-refractivity contribution is 6.24. The van der Waals surface area contributed by atoms with Crippen molar-refractivity contribution in [3.63, 3.8) is 0 Å². The lowest BCUT2D eigenvalue weighted by Crippen LogP contribution is -2.35. The highest BCUT2D eigenvalue weighted by atomic mass is 16.2. The fraction of sp³-hybridized carbons (Fsp3) is 0.167. The van der Waals surface area contributed by atoms with Crippen molar-refractivity contribution in [1.82, 2.24) is 5.01 Å². The number of nitrogens with one attached hydrogen (secondary N) is 1. The molecule has 0 radical (unpaired) electrons. The summed E-state index contributed by atoms with van der Waals surface area (Å²) in [5.41, 5.74) is 2.15. The van der Waals surface area contributed by atoms with Crippen LogP contribution in [0.3, 0.4) is 0 Å². The average Bonchev–Trinajstić information content (AvgIpc) is 2.83. The number of anilines is 1. The first kappa shape index (κ1) is 15.0. The van der Waals surface area contributed by atoms with Gasteiger partial charge >= 0.3 is 0 Å². The molecule has 5 nitrogen and oxygen atoms in total. The fourth-order valence-corrected chi connectivity index (χ4v) is 2.53. The van der Waals surface area contributed by atoms with Gasteiger partial charge in [0.15, 0.2) is 5.92 Å². The molecule has 0 aromatic heterocycles. The monoisotopic (exact) mass is 307 g/mol. The van der Waals surface area contributed by atoms with Crippen LogP contribution in [-0.2, 0) is 16.1 Å². The van der Waals surface area contributed by atoms with Crippen LogP contribution in [0.15, 0.2) is 65.8 Å². The van der Waals surface area contributed by atoms with Crippen molar-refractivity contribution in [2.75, 3.05) is 5.32 Å². The first-order chi connectivity index (χ1) is 11.1. The maximum Gasteiger partial charge on any atom is 0.261 e. The maximum absolute atomic E-state index is 12.5. The summed E-state index contributed by atoms with van der Waals surface area (Å²) >= 11 is 0. The van der Waals surface area contributed by atoms with Crippen LogP contribution in [-0.4, -0.2) is 22.5 Å². The van der Waals surface area contributed by atoms with Gasteiger partial charge in [-0.3, -0.25) is 9.59 Å². The number of carbonyl (C=O) groups excluding carboxylic acids is 2. The lowest BCUT2D eigenvalue weighted by Gasteiger charge is -2.14. The summed E-state index contributed by atoms with van der Waals surface area (Å²) in [6, 6.07) is 18.7. The topological polar surface area (TPSA) is 61.8 Å². The molecular weight excluding hydrogens is 290 g/mol. The number of nitrogens with zero attached hydrogens (tertiary/aromatic N) is 2. The van der Waals surface area contributed by atoms with Crippen molar-refractivity contribution >= 4 is 23.2 Å². The van der Waals surface area contributed by atoms with Gasteiger partial charge in [-0.1, -0.05) is 48.5 Å². The largest absolute Gasteiger partial charge is 0.325 e. The second-order valence-corrected chi connectivity index (χ2v) is 5.41. The van der Waals surface area contributed by atoms with Crippen LogP contribution in [0.4, 0.5) is 5.69 Å². The van der Waals surface area contributed by atoms with Crippen LogP contribution < -0.4 is 5.32 Å². The normalized spacial score (nSPS) is 17.1. The Balaban J connectivity index is 1.71. The molecule has 3 rings (SSSR count). The highest BCUT2D eigenvalue weighted by Crippen LogP contribution is 2.20. The molecule has 116 valence electrons. The number of hydrazone groups is 1. The molecule has 1 aliphatic rings. The summed E-state index contributed by atoms with van der Waals surface area (Å²) in [5, 5.41) is 8.37. The van der Waals surface area contributed by atoms with E-state index in [-0.39, 0.29) is 11.8 Å². The van der Waals surface area contributed by atoms with E-state index < -0.39 is 5.92 Å². The highest BCUT2D eigenvalue weighted by Gasteiger charge is 2.38. The molecule has 1 N–H and O–H groups in total. The molecule has 5 heteroatoms. The van der Waals surface area contributed by atoms with E-state index in [0.717, 1.165) is 5.56 Å². The molecule has 2 amide bonds. The minimum absolute atomic E-state index is 0.292. The molecule has 1 atom stereocenters. The van der Waals surface area contributed by atoms with Crippen molar-refractivity contribution in [3.8, 4) is 0 Å². The SMILES string of the molecule is CC1=NN(Cc2ccccc2)C(=O)C1C(=O)Nc1ccccc1. The van der Waals surface area contributed by atoms with Gasteiger partial charge in [-0.25, -0.2) is 5.01 Å². The number of carbonyl (C=O) groups is 2. The summed E-state index contributed by atoms with van der Waals surface area (Å²) in [7, 11) is 0. The Kier molecular flexibility index (Phi) is 4.19. The summed E-state index contributed by atoms with van der Waals surface area (Å²) in [4.78, 5) is 24.9. The number of rotatable bonds is 4. The summed E-state index contributed by atoms with van der Waals surface area (Å²) < 4.78 is 0. The van der Waals surface area contributed by atoms with Crippen LogP contribution >= 0.6 is 0 Å². The second kappa shape index (κ2) is 6.44. The van der Waals surface area contributed by atoms with Gasteiger partial charge in [0.1, 0.15) is 0 Å². The Morgan fingerprint density at radius 1 is 1.09 bits per heavy atom. The van der Waals surface area contributed by atoms with Gasteiger partial charge in [-0.15, -0.1) is 0 Å². The summed E-state index contributed by atoms with van der Waals surface area (Å²) in [5.74, 6) is -1.50. The van der Waals surface area contributed by atoms with Gasteiger partial charge in [0.05, 0.1) is 12.3 Å². The molecule has 0 saturated heterocycles. The zero-order valence-electron chi connectivity index (χ0n) is 12.8. The van der Waals surface area contributed by atoms with E-state index in [1.807, 2.05) is 48.5 Å². The average molecular weight is 307 g/mol. The van der Waals surface area contributed by atoms with Gasteiger partial charge in [0.2, 0.25) is 5.91 Å². The molecule has 0 fully saturated rings. The molecule has 0 bridgehead atoms. The van der Waals surface area contributed by atoms with Gasteiger partial charge in [-0.05, 0) is 24.6 Å². The first-order valence-corrected chi connectivity index (χ1v) is 7.41. The number of amides is 2. The number of benzene rings is 2. The minimum atomic E-state index is -0.862. The third-order valence-electron chi connectivity index (χ3n) is 3.68. The van der Waals surface area contributed by atoms with Gasteiger partial charge < -0.3 is 5.32 Å². The smallest absolute Gasteiger partial charge is 0.261 e. The molecule has 1 unspecified atom stereocenters. The summed E-state index contributed by atoms with van der Waals surface area (Å²) in [6.07, 6.45) is 0. The molecule has 2 aromatic carbocycles. The number of hydrogen-bond acceptors (Lipinski definition) is 3. The Labute approximate surface area is 134 Å². The van der Waals surface area contributed by atoms with Crippen molar-refractivity contribution in [2.45, 2.75) is 13.5 Å². The zero-order chi connectivity index (χ0) is 16.2. The molecule has 1 aliphatic heterocycles. The number of hydrogen-bond donors (Lipinski definition) is 1. The van der Waals surface area contributed by atoms with Crippen molar-refractivity contribution in [1.29, 1.82) is 0 Å². The molecule has 0 spiro atoms. The molecule has 2 aromatic rings. The van der Waals surface area contributed by atoms with Crippen LogP contribution in [0, 0.1) is 5.92 Å². The Morgan fingerprint density at radius 3 is 2.35 bits per heavy atom. The van der Waals surface area contributed by atoms with E-state index in [2.05, 4.69) is 10.4 Å². The first-order valence-electron chi connectivity index (χ1n) is 7.41. The van der Waals surface area contributed by atoms with E-state index in [1.165, 1.54) is 5.01 Å². The zero-order valence-corrected chi connectivity index (χ0v) is 12.8. The molecule has 1 heterocycles. The molecule has 0 saturated carbocycles. The van der Waals surface area contributed by atoms with Crippen LogP contribution in [0.25, 0.3) is 0 Å². The van der Waals surface area contributed by atoms with E-state index in [4.69, 9.17) is 0 Å². The van der Waals surface area contributed by atoms with E-state index in [0.29, 0.717) is 17.9 Å². The lowest BCUT2D eigenvalue weighted by molar-refractivity contribution is -0.136. The van der Waals surface area contributed by atoms with Gasteiger partial charge in [-0.2, -0.15) is 5.10 Å². The van der Waals surface area contributed by atoms with Crippen LogP contribution in [0.5, 0.6) is 0 Å². The molecule has 0 aliphatic carbocycles. The Morgan fingerprint density at radius 2 is 1.70 bits per heavy atom. The third kappa shape index (κ3) is 3.29. The number of para-hydroxylation sites is 1. The molecular formula is C18H17N3O2. The second-order valence-electron chi connectivity index (χ2n) is 5.41. The minimum Gasteiger partial charge on any atom is -0.325 e. The van der Waals surface area contributed by atoms with Crippen molar-refractivity contribution < 1.29 is 9.59 Å². The van der Waals surface area contributed by atoms with E-state index >= 15 is 0 Å². The van der Waals surface area contributed by atoms with Gasteiger partial charge in [0, 0.05) is 5.69 Å². The standard InChI is InChI=1S/C18H17N3O2/c1-13-16(17(22)19-15-10-6-3-7-11-15)18(23)21(20-13)12-14-8-4-2-5-9-14/h2-11,16H,12H2,1H3,(H,19,22). The Bertz CT molecular complexity index is 741. The lowest BCUT2D eigenvalue weighted by atomic mass is 10.0. The van der Waals surface area contributed by atoms with Crippen molar-refractivity contribution in [3.05, 3.63) is 66.2 Å².